The molecule has 118 valence electrons. The minimum atomic E-state index is 0.709. The Labute approximate surface area is 145 Å². The molecular weight excluding hydrogens is 331 g/mol. The van der Waals surface area contributed by atoms with Crippen molar-refractivity contribution in [1.82, 2.24) is 4.98 Å². The Bertz CT molecular complexity index is 766. The Morgan fingerprint density at radius 3 is 2.17 bits per heavy atom. The molecular formula is C18H17Cl2N2O+. The highest BCUT2D eigenvalue weighted by Gasteiger charge is 2.12. The van der Waals surface area contributed by atoms with E-state index in [0.29, 0.717) is 5.02 Å². The highest BCUT2D eigenvalue weighted by Crippen LogP contribution is 2.22. The molecule has 1 atom stereocenters. The summed E-state index contributed by atoms with van der Waals surface area (Å²) in [6.07, 6.45) is 1.76. The number of hydrogen-bond donors (Lipinski definition) is 1. The summed E-state index contributed by atoms with van der Waals surface area (Å²) in [7, 11) is 2.11. The molecule has 5 heteroatoms. The predicted octanol–water partition coefficient (Wildman–Crippen LogP) is 3.86. The second-order valence-corrected chi connectivity index (χ2v) is 6.44. The Morgan fingerprint density at radius 2 is 1.52 bits per heavy atom. The van der Waals surface area contributed by atoms with E-state index in [-0.39, 0.29) is 0 Å². The number of benzene rings is 2. The molecule has 23 heavy (non-hydrogen) atoms. The molecule has 0 fully saturated rings. The first-order valence-corrected chi connectivity index (χ1v) is 8.12. The van der Waals surface area contributed by atoms with Gasteiger partial charge in [0.15, 0.2) is 12.3 Å². The summed E-state index contributed by atoms with van der Waals surface area (Å²) >= 11 is 11.8. The van der Waals surface area contributed by atoms with E-state index in [1.54, 1.807) is 6.20 Å². The van der Waals surface area contributed by atoms with Crippen molar-refractivity contribution >= 4 is 23.2 Å². The summed E-state index contributed by atoms with van der Waals surface area (Å²) in [5, 5.41) is 1.47. The second-order valence-electron chi connectivity index (χ2n) is 5.56. The molecule has 0 radical (unpaired) electrons. The average molecular weight is 348 g/mol. The summed E-state index contributed by atoms with van der Waals surface area (Å²) in [5.41, 5.74) is 2.21. The van der Waals surface area contributed by atoms with Crippen LogP contribution in [0.3, 0.4) is 0 Å². The first kappa shape index (κ1) is 16.1. The van der Waals surface area contributed by atoms with Gasteiger partial charge in [0, 0.05) is 21.2 Å². The van der Waals surface area contributed by atoms with Crippen molar-refractivity contribution in [2.24, 2.45) is 0 Å². The van der Waals surface area contributed by atoms with E-state index in [2.05, 4.69) is 12.0 Å². The third-order valence-corrected chi connectivity index (χ3v) is 4.06. The molecule has 2 aromatic carbocycles. The standard InChI is InChI=1S/C18H16Cl2N2O/c1-22(11-13-2-6-15(19)7-3-13)12-18-21-10-17(23-18)14-4-8-16(20)9-5-14/h2-10H,11-12H2,1H3/p+1. The van der Waals surface area contributed by atoms with Crippen molar-refractivity contribution in [1.29, 1.82) is 0 Å². The van der Waals surface area contributed by atoms with E-state index in [9.17, 15) is 0 Å². The Kier molecular flexibility index (Phi) is 5.01. The normalized spacial score (nSPS) is 12.3. The van der Waals surface area contributed by atoms with Crippen LogP contribution in [0.5, 0.6) is 0 Å². The van der Waals surface area contributed by atoms with Gasteiger partial charge < -0.3 is 9.32 Å². The Hall–Kier alpha value is -1.81. The van der Waals surface area contributed by atoms with Gasteiger partial charge in [-0.1, -0.05) is 35.3 Å². The molecule has 1 aromatic heterocycles. The van der Waals surface area contributed by atoms with Gasteiger partial charge in [-0.25, -0.2) is 4.98 Å². The van der Waals surface area contributed by atoms with E-state index < -0.39 is 0 Å². The molecule has 0 spiro atoms. The van der Waals surface area contributed by atoms with Gasteiger partial charge in [-0.3, -0.25) is 0 Å². The number of oxazole rings is 1. The molecule has 3 nitrogen and oxygen atoms in total. The van der Waals surface area contributed by atoms with Crippen LogP contribution in [-0.2, 0) is 13.1 Å². The zero-order chi connectivity index (χ0) is 16.2. The molecule has 1 unspecified atom stereocenters. The highest BCUT2D eigenvalue weighted by molar-refractivity contribution is 6.30. The van der Waals surface area contributed by atoms with Crippen LogP contribution < -0.4 is 4.90 Å². The number of hydrogen-bond acceptors (Lipinski definition) is 2. The van der Waals surface area contributed by atoms with Gasteiger partial charge in [-0.05, 0) is 36.4 Å². The lowest BCUT2D eigenvalue weighted by atomic mass is 10.2. The summed E-state index contributed by atoms with van der Waals surface area (Å²) in [6.45, 7) is 1.60. The molecule has 1 N–H and O–H groups in total. The lowest BCUT2D eigenvalue weighted by molar-refractivity contribution is -0.909. The van der Waals surface area contributed by atoms with Crippen LogP contribution in [0.2, 0.25) is 10.0 Å². The van der Waals surface area contributed by atoms with Gasteiger partial charge in [-0.2, -0.15) is 0 Å². The van der Waals surface area contributed by atoms with Crippen LogP contribution in [0.1, 0.15) is 11.5 Å². The SMILES string of the molecule is C[NH+](Cc1ccc(Cl)cc1)Cc1ncc(-c2ccc(Cl)cc2)o1. The second kappa shape index (κ2) is 7.18. The van der Waals surface area contributed by atoms with Crippen LogP contribution in [-0.4, -0.2) is 12.0 Å². The van der Waals surface area contributed by atoms with Crippen LogP contribution in [0, 0.1) is 0 Å². The van der Waals surface area contributed by atoms with Crippen LogP contribution >= 0.6 is 23.2 Å². The molecule has 0 saturated heterocycles. The van der Waals surface area contributed by atoms with E-state index in [1.807, 2.05) is 48.5 Å². The van der Waals surface area contributed by atoms with Crippen molar-refractivity contribution in [2.45, 2.75) is 13.1 Å². The summed E-state index contributed by atoms with van der Waals surface area (Å²) in [5.74, 6) is 1.48. The third kappa shape index (κ3) is 4.35. The molecule has 0 saturated carbocycles. The average Bonchev–Trinajstić information content (AvgIpc) is 2.98. The van der Waals surface area contributed by atoms with Crippen LogP contribution in [0.4, 0.5) is 0 Å². The number of nitrogens with zero attached hydrogens (tertiary/aromatic N) is 1. The van der Waals surface area contributed by atoms with Crippen molar-refractivity contribution < 1.29 is 9.32 Å². The largest absolute Gasteiger partial charge is 0.435 e. The van der Waals surface area contributed by atoms with Gasteiger partial charge in [-0.15, -0.1) is 0 Å². The zero-order valence-corrected chi connectivity index (χ0v) is 14.2. The maximum atomic E-state index is 5.91. The fourth-order valence-electron chi connectivity index (χ4n) is 2.41. The molecule has 0 bridgehead atoms. The van der Waals surface area contributed by atoms with E-state index in [1.165, 1.54) is 10.5 Å². The van der Waals surface area contributed by atoms with Crippen molar-refractivity contribution in [2.75, 3.05) is 7.05 Å². The lowest BCUT2D eigenvalue weighted by Gasteiger charge is -2.11. The van der Waals surface area contributed by atoms with Gasteiger partial charge in [0.05, 0.1) is 13.2 Å². The fraction of sp³-hybridized carbons (Fsp3) is 0.167. The maximum Gasteiger partial charge on any atom is 0.250 e. The van der Waals surface area contributed by atoms with Crippen LogP contribution in [0.15, 0.2) is 59.1 Å². The smallest absolute Gasteiger partial charge is 0.250 e. The summed E-state index contributed by atoms with van der Waals surface area (Å²) < 4.78 is 5.84. The van der Waals surface area contributed by atoms with E-state index in [0.717, 1.165) is 35.3 Å². The molecule has 0 amide bonds. The summed E-state index contributed by atoms with van der Waals surface area (Å²) in [4.78, 5) is 5.66. The monoisotopic (exact) mass is 347 g/mol. The number of quaternary nitrogens is 1. The minimum absolute atomic E-state index is 0.709. The summed E-state index contributed by atoms with van der Waals surface area (Å²) in [6, 6.07) is 15.4. The topological polar surface area (TPSA) is 30.5 Å². The van der Waals surface area contributed by atoms with E-state index in [4.69, 9.17) is 27.6 Å². The number of nitrogens with one attached hydrogen (secondary N) is 1. The number of halogens is 2. The molecule has 0 aliphatic heterocycles. The zero-order valence-electron chi connectivity index (χ0n) is 12.7. The molecule has 1 heterocycles. The van der Waals surface area contributed by atoms with Gasteiger partial charge >= 0.3 is 0 Å². The van der Waals surface area contributed by atoms with Crippen molar-refractivity contribution in [3.05, 3.63) is 76.2 Å². The van der Waals surface area contributed by atoms with Gasteiger partial charge in [0.2, 0.25) is 0 Å². The molecule has 0 aliphatic carbocycles. The molecule has 0 aliphatic rings. The van der Waals surface area contributed by atoms with Gasteiger partial charge in [0.1, 0.15) is 6.54 Å². The van der Waals surface area contributed by atoms with Crippen LogP contribution in [0.25, 0.3) is 11.3 Å². The van der Waals surface area contributed by atoms with Gasteiger partial charge in [0.25, 0.3) is 5.89 Å². The molecule has 3 rings (SSSR count). The van der Waals surface area contributed by atoms with E-state index >= 15 is 0 Å². The predicted molar refractivity (Wildman–Crippen MR) is 92.7 cm³/mol. The minimum Gasteiger partial charge on any atom is -0.435 e. The quantitative estimate of drug-likeness (QED) is 0.759. The molecule has 3 aromatic rings. The Balaban J connectivity index is 1.64. The van der Waals surface area contributed by atoms with Crippen molar-refractivity contribution in [3.8, 4) is 11.3 Å². The first-order chi connectivity index (χ1) is 11.1. The maximum absolute atomic E-state index is 5.91. The number of rotatable bonds is 5. The highest BCUT2D eigenvalue weighted by atomic mass is 35.5. The number of aromatic nitrogens is 1. The Morgan fingerprint density at radius 1 is 0.913 bits per heavy atom. The third-order valence-electron chi connectivity index (χ3n) is 3.55. The fourth-order valence-corrected chi connectivity index (χ4v) is 2.66. The first-order valence-electron chi connectivity index (χ1n) is 7.36. The van der Waals surface area contributed by atoms with Crippen molar-refractivity contribution in [3.63, 3.8) is 0 Å². The lowest BCUT2D eigenvalue weighted by Crippen LogP contribution is -3.06.